The van der Waals surface area contributed by atoms with Crippen molar-refractivity contribution in [3.63, 3.8) is 0 Å². The molecular weight excluding hydrogens is 198 g/mol. The lowest BCUT2D eigenvalue weighted by Crippen LogP contribution is -2.31. The molecule has 0 bridgehead atoms. The number of nitrogens with zero attached hydrogens (tertiary/aromatic N) is 1. The Morgan fingerprint density at radius 2 is 2.00 bits per heavy atom. The summed E-state index contributed by atoms with van der Waals surface area (Å²) in [6.07, 6.45) is 6.29. The Morgan fingerprint density at radius 1 is 1.38 bits per heavy atom. The van der Waals surface area contributed by atoms with Crippen LogP contribution in [0, 0.1) is 12.3 Å². The molecule has 0 fully saturated rings. The zero-order valence-electron chi connectivity index (χ0n) is 10.2. The van der Waals surface area contributed by atoms with E-state index in [2.05, 4.69) is 29.9 Å². The van der Waals surface area contributed by atoms with Crippen LogP contribution in [-0.4, -0.2) is 31.6 Å². The van der Waals surface area contributed by atoms with Crippen LogP contribution < -0.4 is 4.74 Å². The smallest absolute Gasteiger partial charge is 0.118 e. The van der Waals surface area contributed by atoms with Crippen LogP contribution in [0.25, 0.3) is 0 Å². The van der Waals surface area contributed by atoms with Crippen molar-refractivity contribution in [2.24, 2.45) is 0 Å². The molecular formula is C14H19NO. The van der Waals surface area contributed by atoms with Gasteiger partial charge in [0, 0.05) is 6.04 Å². The third kappa shape index (κ3) is 3.60. The molecule has 0 unspecified atom stereocenters. The van der Waals surface area contributed by atoms with Crippen LogP contribution in [0.3, 0.4) is 0 Å². The highest BCUT2D eigenvalue weighted by Gasteiger charge is 2.08. The maximum Gasteiger partial charge on any atom is 0.118 e. The molecule has 0 aromatic heterocycles. The second-order valence-corrected chi connectivity index (χ2v) is 4.02. The van der Waals surface area contributed by atoms with Gasteiger partial charge in [-0.2, -0.15) is 0 Å². The summed E-state index contributed by atoms with van der Waals surface area (Å²) < 4.78 is 5.12. The molecule has 0 aliphatic heterocycles. The van der Waals surface area contributed by atoms with Gasteiger partial charge in [0.25, 0.3) is 0 Å². The zero-order chi connectivity index (χ0) is 12.0. The molecule has 0 radical (unpaired) electrons. The SMILES string of the molecule is C#CCN(C)[C@H](C)Cc1ccc(OC)cc1. The Labute approximate surface area is 98.2 Å². The maximum atomic E-state index is 5.29. The van der Waals surface area contributed by atoms with Gasteiger partial charge in [0.1, 0.15) is 5.75 Å². The van der Waals surface area contributed by atoms with Crippen molar-refractivity contribution < 1.29 is 4.74 Å². The number of benzene rings is 1. The molecule has 1 rings (SSSR count). The first-order valence-electron chi connectivity index (χ1n) is 5.44. The number of methoxy groups -OCH3 is 1. The molecule has 0 aliphatic rings. The lowest BCUT2D eigenvalue weighted by Gasteiger charge is -2.22. The molecule has 2 nitrogen and oxygen atoms in total. The van der Waals surface area contributed by atoms with Gasteiger partial charge in [-0.25, -0.2) is 0 Å². The average molecular weight is 217 g/mol. The van der Waals surface area contributed by atoms with E-state index < -0.39 is 0 Å². The van der Waals surface area contributed by atoms with Crippen molar-refractivity contribution in [1.82, 2.24) is 4.90 Å². The van der Waals surface area contributed by atoms with Crippen LogP contribution in [0.4, 0.5) is 0 Å². The molecule has 0 heterocycles. The second-order valence-electron chi connectivity index (χ2n) is 4.02. The Hall–Kier alpha value is -1.46. The molecule has 86 valence electrons. The van der Waals surface area contributed by atoms with E-state index >= 15 is 0 Å². The number of rotatable bonds is 5. The second kappa shape index (κ2) is 6.19. The monoisotopic (exact) mass is 217 g/mol. The highest BCUT2D eigenvalue weighted by molar-refractivity contribution is 5.27. The Bertz CT molecular complexity index is 350. The maximum absolute atomic E-state index is 5.29. The molecule has 0 N–H and O–H groups in total. The quantitative estimate of drug-likeness (QED) is 0.701. The molecule has 0 saturated carbocycles. The van der Waals surface area contributed by atoms with Gasteiger partial charge in [0.05, 0.1) is 13.7 Å². The van der Waals surface area contributed by atoms with E-state index in [1.807, 2.05) is 19.2 Å². The molecule has 0 aliphatic carbocycles. The summed E-state index contributed by atoms with van der Waals surface area (Å²) in [5.41, 5.74) is 1.30. The normalized spacial score (nSPS) is 12.2. The molecule has 0 spiro atoms. The van der Waals surface area contributed by atoms with Crippen molar-refractivity contribution >= 4 is 0 Å². The van der Waals surface area contributed by atoms with E-state index in [4.69, 9.17) is 11.2 Å². The van der Waals surface area contributed by atoms with E-state index in [9.17, 15) is 0 Å². The topological polar surface area (TPSA) is 12.5 Å². The molecule has 1 atom stereocenters. The highest BCUT2D eigenvalue weighted by Crippen LogP contribution is 2.13. The Morgan fingerprint density at radius 3 is 2.50 bits per heavy atom. The fourth-order valence-electron chi connectivity index (χ4n) is 1.56. The van der Waals surface area contributed by atoms with E-state index in [1.54, 1.807) is 7.11 Å². The highest BCUT2D eigenvalue weighted by atomic mass is 16.5. The predicted octanol–water partition coefficient (Wildman–Crippen LogP) is 2.19. The zero-order valence-corrected chi connectivity index (χ0v) is 10.2. The summed E-state index contributed by atoms with van der Waals surface area (Å²) in [5.74, 6) is 3.55. The van der Waals surface area contributed by atoms with Crippen molar-refractivity contribution in [3.05, 3.63) is 29.8 Å². The minimum Gasteiger partial charge on any atom is -0.497 e. The number of hydrogen-bond acceptors (Lipinski definition) is 2. The molecule has 0 amide bonds. The minimum absolute atomic E-state index is 0.449. The first-order chi connectivity index (χ1) is 7.67. The summed E-state index contributed by atoms with van der Waals surface area (Å²) in [6, 6.07) is 8.62. The molecule has 1 aromatic rings. The molecule has 2 heteroatoms. The summed E-state index contributed by atoms with van der Waals surface area (Å²) in [4.78, 5) is 2.17. The van der Waals surface area contributed by atoms with Crippen LogP contribution in [0.5, 0.6) is 5.75 Å². The van der Waals surface area contributed by atoms with E-state index in [1.165, 1.54) is 5.56 Å². The van der Waals surface area contributed by atoms with Gasteiger partial charge in [-0.15, -0.1) is 6.42 Å². The fraction of sp³-hybridized carbons (Fsp3) is 0.429. The lowest BCUT2D eigenvalue weighted by molar-refractivity contribution is 0.287. The van der Waals surface area contributed by atoms with Crippen molar-refractivity contribution in [2.45, 2.75) is 19.4 Å². The number of terminal acetylenes is 1. The third-order valence-corrected chi connectivity index (χ3v) is 2.78. The van der Waals surface area contributed by atoms with Crippen LogP contribution >= 0.6 is 0 Å². The van der Waals surface area contributed by atoms with Gasteiger partial charge in [-0.05, 0) is 38.1 Å². The van der Waals surface area contributed by atoms with Gasteiger partial charge < -0.3 is 4.74 Å². The summed E-state index contributed by atoms with van der Waals surface area (Å²) in [5, 5.41) is 0. The largest absolute Gasteiger partial charge is 0.497 e. The van der Waals surface area contributed by atoms with Crippen molar-refractivity contribution in [1.29, 1.82) is 0 Å². The predicted molar refractivity (Wildman–Crippen MR) is 67.6 cm³/mol. The fourth-order valence-corrected chi connectivity index (χ4v) is 1.56. The first kappa shape index (κ1) is 12.6. The van der Waals surface area contributed by atoms with E-state index in [0.29, 0.717) is 12.6 Å². The van der Waals surface area contributed by atoms with Gasteiger partial charge in [-0.1, -0.05) is 18.1 Å². The lowest BCUT2D eigenvalue weighted by atomic mass is 10.1. The van der Waals surface area contributed by atoms with Crippen LogP contribution in [0.1, 0.15) is 12.5 Å². The third-order valence-electron chi connectivity index (χ3n) is 2.78. The van der Waals surface area contributed by atoms with Gasteiger partial charge in [0.15, 0.2) is 0 Å². The molecule has 1 aromatic carbocycles. The summed E-state index contributed by atoms with van der Waals surface area (Å²) in [7, 11) is 3.73. The number of likely N-dealkylation sites (N-methyl/N-ethyl adjacent to an activating group) is 1. The number of ether oxygens (including phenoxy) is 1. The standard InChI is InChI=1S/C14H19NO/c1-5-10-15(3)12(2)11-13-6-8-14(16-4)9-7-13/h1,6-9,12H,10-11H2,2-4H3/t12-/m1/s1. The average Bonchev–Trinajstić information content (AvgIpc) is 2.30. The van der Waals surface area contributed by atoms with Crippen LogP contribution in [0.2, 0.25) is 0 Å². The van der Waals surface area contributed by atoms with Gasteiger partial charge in [-0.3, -0.25) is 4.90 Å². The van der Waals surface area contributed by atoms with Crippen LogP contribution in [-0.2, 0) is 6.42 Å². The molecule has 16 heavy (non-hydrogen) atoms. The van der Waals surface area contributed by atoms with Gasteiger partial charge >= 0.3 is 0 Å². The van der Waals surface area contributed by atoms with Crippen molar-refractivity contribution in [2.75, 3.05) is 20.7 Å². The Balaban J connectivity index is 2.56. The molecule has 0 saturated heterocycles. The Kier molecular flexibility index (Phi) is 4.88. The summed E-state index contributed by atoms with van der Waals surface area (Å²) in [6.45, 7) is 2.87. The van der Waals surface area contributed by atoms with E-state index in [-0.39, 0.29) is 0 Å². The van der Waals surface area contributed by atoms with Crippen LogP contribution in [0.15, 0.2) is 24.3 Å². The number of hydrogen-bond donors (Lipinski definition) is 0. The minimum atomic E-state index is 0.449. The summed E-state index contributed by atoms with van der Waals surface area (Å²) >= 11 is 0. The first-order valence-corrected chi connectivity index (χ1v) is 5.44. The van der Waals surface area contributed by atoms with Gasteiger partial charge in [0.2, 0.25) is 0 Å². The van der Waals surface area contributed by atoms with Crippen molar-refractivity contribution in [3.8, 4) is 18.1 Å². The van der Waals surface area contributed by atoms with E-state index in [0.717, 1.165) is 12.2 Å².